The third kappa shape index (κ3) is 8.30. The number of methoxy groups -OCH3 is 1. The van der Waals surface area contributed by atoms with Crippen LogP contribution in [0.1, 0.15) is 31.4 Å². The molecule has 0 aromatic heterocycles. The highest BCUT2D eigenvalue weighted by atomic mass is 35.5. The van der Waals surface area contributed by atoms with E-state index in [0.717, 1.165) is 23.3 Å². The molecule has 0 heterocycles. The van der Waals surface area contributed by atoms with E-state index >= 15 is 0 Å². The van der Waals surface area contributed by atoms with Gasteiger partial charge in [0.05, 0.1) is 20.1 Å². The first kappa shape index (κ1) is 23.0. The Balaban J connectivity index is 1.82. The molecule has 0 atom stereocenters. The van der Waals surface area contributed by atoms with Gasteiger partial charge in [-0.25, -0.2) is 0 Å². The fourth-order valence-corrected chi connectivity index (χ4v) is 2.84. The fraction of sp³-hybridized carbons (Fsp3) is 0.364. The summed E-state index contributed by atoms with van der Waals surface area (Å²) in [7, 11) is 1.61. The van der Waals surface area contributed by atoms with Crippen LogP contribution >= 0.6 is 23.8 Å². The smallest absolute Gasteiger partial charge is 0.230 e. The summed E-state index contributed by atoms with van der Waals surface area (Å²) in [5.41, 5.74) is 1.83. The van der Waals surface area contributed by atoms with Gasteiger partial charge in [-0.2, -0.15) is 0 Å². The van der Waals surface area contributed by atoms with Gasteiger partial charge in [-0.15, -0.1) is 0 Å². The van der Waals surface area contributed by atoms with E-state index in [1.807, 2.05) is 30.3 Å². The van der Waals surface area contributed by atoms with Crippen LogP contribution in [0, 0.1) is 5.92 Å². The zero-order valence-electron chi connectivity index (χ0n) is 17.0. The number of hydrogen-bond acceptors (Lipinski definition) is 4. The molecule has 0 aliphatic carbocycles. The molecule has 2 rings (SSSR count). The summed E-state index contributed by atoms with van der Waals surface area (Å²) in [6.07, 6.45) is 1.21. The molecule has 0 aliphatic rings. The number of halogens is 1. The second-order valence-corrected chi connectivity index (χ2v) is 7.89. The molecule has 156 valence electrons. The Kier molecular flexibility index (Phi) is 9.22. The van der Waals surface area contributed by atoms with E-state index in [4.69, 9.17) is 33.3 Å². The highest BCUT2D eigenvalue weighted by Crippen LogP contribution is 2.28. The summed E-state index contributed by atoms with van der Waals surface area (Å²) < 4.78 is 11.2. The van der Waals surface area contributed by atoms with E-state index in [1.165, 1.54) is 0 Å². The molecule has 0 saturated carbocycles. The number of carbonyl (C=O) groups is 1. The van der Waals surface area contributed by atoms with Gasteiger partial charge in [-0.1, -0.05) is 43.6 Å². The van der Waals surface area contributed by atoms with Crippen molar-refractivity contribution in [1.29, 1.82) is 0 Å². The van der Waals surface area contributed by atoms with Crippen LogP contribution in [0.3, 0.4) is 0 Å². The molecule has 0 fully saturated rings. The summed E-state index contributed by atoms with van der Waals surface area (Å²) in [4.78, 5) is 12.1. The van der Waals surface area contributed by atoms with Crippen LogP contribution in [0.2, 0.25) is 5.02 Å². The molecule has 1 amide bonds. The predicted molar refractivity (Wildman–Crippen MR) is 121 cm³/mol. The van der Waals surface area contributed by atoms with Crippen molar-refractivity contribution >= 4 is 34.8 Å². The van der Waals surface area contributed by atoms with Gasteiger partial charge in [0.1, 0.15) is 0 Å². The molecular weight excluding hydrogens is 408 g/mol. The maximum Gasteiger partial charge on any atom is 0.230 e. The third-order valence-corrected chi connectivity index (χ3v) is 4.66. The van der Waals surface area contributed by atoms with Crippen LogP contribution in [0.15, 0.2) is 42.5 Å². The lowest BCUT2D eigenvalue weighted by molar-refractivity contribution is -0.119. The van der Waals surface area contributed by atoms with Gasteiger partial charge in [0.15, 0.2) is 16.6 Å². The largest absolute Gasteiger partial charge is 0.493 e. The van der Waals surface area contributed by atoms with Crippen LogP contribution in [0.4, 0.5) is 0 Å². The van der Waals surface area contributed by atoms with Crippen LogP contribution in [0.5, 0.6) is 11.5 Å². The molecule has 0 aliphatic heterocycles. The lowest BCUT2D eigenvalue weighted by Gasteiger charge is -2.14. The Morgan fingerprint density at radius 3 is 2.45 bits per heavy atom. The van der Waals surface area contributed by atoms with Crippen molar-refractivity contribution < 1.29 is 14.3 Å². The minimum atomic E-state index is -0.184. The van der Waals surface area contributed by atoms with Crippen molar-refractivity contribution in [2.45, 2.75) is 33.2 Å². The van der Waals surface area contributed by atoms with E-state index in [9.17, 15) is 4.79 Å². The maximum atomic E-state index is 12.1. The zero-order valence-corrected chi connectivity index (χ0v) is 18.5. The van der Waals surface area contributed by atoms with Crippen LogP contribution < -0.4 is 20.1 Å². The number of thiocarbonyl (C=S) groups is 1. The normalized spacial score (nSPS) is 10.5. The molecule has 7 heteroatoms. The SMILES string of the molecule is COc1cc(CNC(=S)NC(=O)Cc2ccc(Cl)cc2)ccc1OCCC(C)C. The predicted octanol–water partition coefficient (Wildman–Crippen LogP) is 4.51. The van der Waals surface area contributed by atoms with Gasteiger partial charge in [-0.3, -0.25) is 4.79 Å². The van der Waals surface area contributed by atoms with Crippen molar-refractivity contribution in [2.24, 2.45) is 5.92 Å². The minimum Gasteiger partial charge on any atom is -0.493 e. The average Bonchev–Trinajstić information content (AvgIpc) is 2.68. The van der Waals surface area contributed by atoms with Crippen molar-refractivity contribution in [3.8, 4) is 11.5 Å². The Bertz CT molecular complexity index is 825. The molecular formula is C22H27ClN2O3S. The quantitative estimate of drug-likeness (QED) is 0.569. The first-order chi connectivity index (χ1) is 13.9. The van der Waals surface area contributed by atoms with E-state index in [1.54, 1.807) is 19.2 Å². The number of benzene rings is 2. The lowest BCUT2D eigenvalue weighted by Crippen LogP contribution is -2.39. The molecule has 2 aromatic carbocycles. The van der Waals surface area contributed by atoms with E-state index in [-0.39, 0.29) is 17.4 Å². The number of hydrogen-bond donors (Lipinski definition) is 2. The Hall–Kier alpha value is -2.31. The van der Waals surface area contributed by atoms with Crippen LogP contribution in [-0.2, 0) is 17.8 Å². The zero-order chi connectivity index (χ0) is 21.2. The fourth-order valence-electron chi connectivity index (χ4n) is 2.53. The number of ether oxygens (including phenoxy) is 2. The first-order valence-electron chi connectivity index (χ1n) is 9.49. The molecule has 0 spiro atoms. The first-order valence-corrected chi connectivity index (χ1v) is 10.3. The minimum absolute atomic E-state index is 0.184. The summed E-state index contributed by atoms with van der Waals surface area (Å²) in [5.74, 6) is 1.79. The summed E-state index contributed by atoms with van der Waals surface area (Å²) in [6.45, 7) is 5.43. The monoisotopic (exact) mass is 434 g/mol. The topological polar surface area (TPSA) is 59.6 Å². The molecule has 0 radical (unpaired) electrons. The molecule has 0 unspecified atom stereocenters. The molecule has 2 N–H and O–H groups in total. The second-order valence-electron chi connectivity index (χ2n) is 7.05. The number of carbonyl (C=O) groups excluding carboxylic acids is 1. The van der Waals surface area contributed by atoms with E-state index in [2.05, 4.69) is 24.5 Å². The Morgan fingerprint density at radius 1 is 1.10 bits per heavy atom. The lowest BCUT2D eigenvalue weighted by atomic mass is 10.1. The van der Waals surface area contributed by atoms with Gasteiger partial charge in [0.2, 0.25) is 5.91 Å². The van der Waals surface area contributed by atoms with E-state index < -0.39 is 0 Å². The van der Waals surface area contributed by atoms with Gasteiger partial charge < -0.3 is 20.1 Å². The van der Waals surface area contributed by atoms with Crippen LogP contribution in [-0.4, -0.2) is 24.7 Å². The molecule has 2 aromatic rings. The molecule has 29 heavy (non-hydrogen) atoms. The number of nitrogens with one attached hydrogen (secondary N) is 2. The number of amides is 1. The van der Waals surface area contributed by atoms with E-state index in [0.29, 0.717) is 29.8 Å². The standard InChI is InChI=1S/C22H27ClN2O3S/c1-15(2)10-11-28-19-9-6-17(12-20(19)27-3)14-24-22(29)25-21(26)13-16-4-7-18(23)8-5-16/h4-9,12,15H,10-11,13-14H2,1-3H3,(H2,24,25,26,29). The molecule has 0 bridgehead atoms. The van der Waals surface area contributed by atoms with Gasteiger partial charge in [0.25, 0.3) is 0 Å². The highest BCUT2D eigenvalue weighted by Gasteiger charge is 2.09. The van der Waals surface area contributed by atoms with Crippen molar-refractivity contribution in [3.05, 3.63) is 58.6 Å². The highest BCUT2D eigenvalue weighted by molar-refractivity contribution is 7.80. The average molecular weight is 435 g/mol. The van der Waals surface area contributed by atoms with Gasteiger partial charge in [-0.05, 0) is 59.9 Å². The summed E-state index contributed by atoms with van der Waals surface area (Å²) in [6, 6.07) is 12.9. The Morgan fingerprint density at radius 2 is 1.79 bits per heavy atom. The van der Waals surface area contributed by atoms with Crippen LogP contribution in [0.25, 0.3) is 0 Å². The van der Waals surface area contributed by atoms with Crippen molar-refractivity contribution in [2.75, 3.05) is 13.7 Å². The van der Waals surface area contributed by atoms with Gasteiger partial charge in [0, 0.05) is 11.6 Å². The number of rotatable bonds is 9. The van der Waals surface area contributed by atoms with Crippen molar-refractivity contribution in [1.82, 2.24) is 10.6 Å². The van der Waals surface area contributed by atoms with Crippen molar-refractivity contribution in [3.63, 3.8) is 0 Å². The maximum absolute atomic E-state index is 12.1. The molecule has 5 nitrogen and oxygen atoms in total. The second kappa shape index (κ2) is 11.6. The Labute approximate surface area is 182 Å². The van der Waals surface area contributed by atoms with Gasteiger partial charge >= 0.3 is 0 Å². The summed E-state index contributed by atoms with van der Waals surface area (Å²) in [5, 5.41) is 6.63. The molecule has 0 saturated heterocycles. The summed E-state index contributed by atoms with van der Waals surface area (Å²) >= 11 is 11.1. The third-order valence-electron chi connectivity index (χ3n) is 4.16.